The summed E-state index contributed by atoms with van der Waals surface area (Å²) in [6, 6.07) is 3.73. The largest absolute Gasteiger partial charge is 0.508 e. The molecule has 0 fully saturated rings. The lowest BCUT2D eigenvalue weighted by atomic mass is 10.1. The van der Waals surface area contributed by atoms with Crippen LogP contribution in [-0.2, 0) is 10.5 Å². The van der Waals surface area contributed by atoms with Crippen molar-refractivity contribution in [3.63, 3.8) is 0 Å². The van der Waals surface area contributed by atoms with E-state index in [1.165, 1.54) is 0 Å². The molecule has 1 rings (SSSR count). The molecular formula is C13H20O3S. The molecule has 17 heavy (non-hydrogen) atoms. The summed E-state index contributed by atoms with van der Waals surface area (Å²) >= 11 is 0. The smallest absolute Gasteiger partial charge is 0.311 e. The van der Waals surface area contributed by atoms with Crippen molar-refractivity contribution >= 4 is 16.9 Å². The standard InChI is InChI=1S/C13H20O3S/c1-4-17(8-13(15)16)7-11-5-10(3)12(14)6-9(11)2/h5-6,14,17H,4,7-8H2,1-3H3,(H,15,16). The van der Waals surface area contributed by atoms with E-state index in [-0.39, 0.29) is 5.75 Å². The minimum absolute atomic E-state index is 0.269. The molecule has 4 heteroatoms. The van der Waals surface area contributed by atoms with Gasteiger partial charge in [-0.1, -0.05) is 13.0 Å². The molecular weight excluding hydrogens is 236 g/mol. The number of hydrogen-bond acceptors (Lipinski definition) is 2. The fraction of sp³-hybridized carbons (Fsp3) is 0.462. The van der Waals surface area contributed by atoms with Crippen LogP contribution in [0.4, 0.5) is 0 Å². The minimum atomic E-state index is -0.717. The Hall–Kier alpha value is -1.16. The Morgan fingerprint density at radius 1 is 1.29 bits per heavy atom. The van der Waals surface area contributed by atoms with Gasteiger partial charge in [-0.2, -0.15) is 0 Å². The Morgan fingerprint density at radius 3 is 2.47 bits per heavy atom. The SMILES string of the molecule is CC[SH](CC(=O)O)Cc1cc(C)c(O)cc1C. The number of rotatable bonds is 5. The highest BCUT2D eigenvalue weighted by Crippen LogP contribution is 2.32. The summed E-state index contributed by atoms with van der Waals surface area (Å²) in [5.41, 5.74) is 3.06. The van der Waals surface area contributed by atoms with E-state index >= 15 is 0 Å². The highest BCUT2D eigenvalue weighted by molar-refractivity contribution is 8.16. The zero-order valence-electron chi connectivity index (χ0n) is 10.5. The van der Waals surface area contributed by atoms with Gasteiger partial charge in [0.2, 0.25) is 0 Å². The van der Waals surface area contributed by atoms with E-state index < -0.39 is 16.9 Å². The number of carboxylic acid groups (broad SMARTS) is 1. The maximum Gasteiger partial charge on any atom is 0.311 e. The number of phenolic OH excluding ortho intramolecular Hbond substituents is 1. The van der Waals surface area contributed by atoms with Crippen LogP contribution >= 0.6 is 10.9 Å². The van der Waals surface area contributed by atoms with Crippen molar-refractivity contribution in [2.24, 2.45) is 0 Å². The van der Waals surface area contributed by atoms with Crippen molar-refractivity contribution in [1.82, 2.24) is 0 Å². The predicted molar refractivity (Wildman–Crippen MR) is 73.3 cm³/mol. The van der Waals surface area contributed by atoms with E-state index in [1.807, 2.05) is 26.8 Å². The fourth-order valence-electron chi connectivity index (χ4n) is 1.74. The monoisotopic (exact) mass is 256 g/mol. The van der Waals surface area contributed by atoms with Crippen molar-refractivity contribution in [2.45, 2.75) is 26.5 Å². The molecule has 2 N–H and O–H groups in total. The van der Waals surface area contributed by atoms with Crippen molar-refractivity contribution in [3.8, 4) is 5.75 Å². The number of aryl methyl sites for hydroxylation is 2. The summed E-state index contributed by atoms with van der Waals surface area (Å²) in [4.78, 5) is 10.7. The van der Waals surface area contributed by atoms with Crippen LogP contribution in [0.5, 0.6) is 5.75 Å². The van der Waals surface area contributed by atoms with E-state index in [0.717, 1.165) is 28.2 Å². The average Bonchev–Trinajstić information content (AvgIpc) is 2.24. The van der Waals surface area contributed by atoms with Crippen LogP contribution in [0.25, 0.3) is 0 Å². The van der Waals surface area contributed by atoms with Crippen LogP contribution in [0.2, 0.25) is 0 Å². The van der Waals surface area contributed by atoms with Crippen LogP contribution in [0, 0.1) is 13.8 Å². The number of hydrogen-bond donors (Lipinski definition) is 3. The second-order valence-corrected chi connectivity index (χ2v) is 6.87. The summed E-state index contributed by atoms with van der Waals surface area (Å²) in [6.45, 7) is 5.86. The van der Waals surface area contributed by atoms with Gasteiger partial charge in [0, 0.05) is 5.75 Å². The first kappa shape index (κ1) is 13.9. The number of thiol groups is 1. The van der Waals surface area contributed by atoms with Gasteiger partial charge in [0.1, 0.15) is 5.75 Å². The van der Waals surface area contributed by atoms with E-state index in [4.69, 9.17) is 5.11 Å². The van der Waals surface area contributed by atoms with Gasteiger partial charge in [0.25, 0.3) is 0 Å². The second-order valence-electron chi connectivity index (χ2n) is 4.26. The van der Waals surface area contributed by atoms with Gasteiger partial charge < -0.3 is 10.2 Å². The zero-order valence-corrected chi connectivity index (χ0v) is 11.4. The van der Waals surface area contributed by atoms with E-state index in [0.29, 0.717) is 5.75 Å². The third-order valence-corrected chi connectivity index (χ3v) is 5.25. The zero-order chi connectivity index (χ0) is 13.0. The number of carbonyl (C=O) groups is 1. The highest BCUT2D eigenvalue weighted by atomic mass is 32.2. The molecule has 0 amide bonds. The third kappa shape index (κ3) is 3.97. The van der Waals surface area contributed by atoms with Crippen molar-refractivity contribution in [2.75, 3.05) is 11.5 Å². The summed E-state index contributed by atoms with van der Waals surface area (Å²) in [5.74, 6) is 1.61. The lowest BCUT2D eigenvalue weighted by Crippen LogP contribution is -2.07. The van der Waals surface area contributed by atoms with E-state index in [1.54, 1.807) is 6.07 Å². The fourth-order valence-corrected chi connectivity index (χ4v) is 3.51. The Labute approximate surface area is 105 Å². The molecule has 0 aliphatic rings. The van der Waals surface area contributed by atoms with Crippen LogP contribution in [0.15, 0.2) is 12.1 Å². The molecule has 3 nitrogen and oxygen atoms in total. The van der Waals surface area contributed by atoms with E-state index in [2.05, 4.69) is 0 Å². The molecule has 0 bridgehead atoms. The lowest BCUT2D eigenvalue weighted by molar-refractivity contribution is -0.133. The molecule has 1 atom stereocenters. The molecule has 1 unspecified atom stereocenters. The molecule has 1 aromatic rings. The molecule has 0 saturated carbocycles. The molecule has 0 spiro atoms. The molecule has 0 aromatic heterocycles. The van der Waals surface area contributed by atoms with Gasteiger partial charge in [-0.15, -0.1) is 0 Å². The maximum atomic E-state index is 10.7. The van der Waals surface area contributed by atoms with Crippen LogP contribution in [-0.4, -0.2) is 27.7 Å². The first-order valence-corrected chi connectivity index (χ1v) is 7.57. The molecule has 0 aliphatic carbocycles. The number of phenols is 1. The molecule has 0 heterocycles. The van der Waals surface area contributed by atoms with Gasteiger partial charge in [0.05, 0.1) is 5.75 Å². The maximum absolute atomic E-state index is 10.7. The molecule has 0 radical (unpaired) electrons. The second kappa shape index (κ2) is 5.96. The lowest BCUT2D eigenvalue weighted by Gasteiger charge is -2.19. The quantitative estimate of drug-likeness (QED) is 0.710. The Bertz CT molecular complexity index is 415. The van der Waals surface area contributed by atoms with Gasteiger partial charge >= 0.3 is 5.97 Å². The first-order valence-electron chi connectivity index (χ1n) is 5.67. The van der Waals surface area contributed by atoms with E-state index in [9.17, 15) is 9.90 Å². The molecule has 96 valence electrons. The van der Waals surface area contributed by atoms with Crippen LogP contribution < -0.4 is 0 Å². The van der Waals surface area contributed by atoms with Crippen LogP contribution in [0.3, 0.4) is 0 Å². The topological polar surface area (TPSA) is 57.5 Å². The normalized spacial score (nSPS) is 13.5. The molecule has 1 aromatic carbocycles. The summed E-state index contributed by atoms with van der Waals surface area (Å²) in [5, 5.41) is 18.4. The Balaban J connectivity index is 2.86. The Kier molecular flexibility index (Phi) is 4.87. The predicted octanol–water partition coefficient (Wildman–Crippen LogP) is 2.61. The van der Waals surface area contributed by atoms with Gasteiger partial charge in [-0.05, 0) is 42.4 Å². The van der Waals surface area contributed by atoms with Crippen molar-refractivity contribution in [1.29, 1.82) is 0 Å². The third-order valence-electron chi connectivity index (χ3n) is 2.85. The Morgan fingerprint density at radius 2 is 1.94 bits per heavy atom. The highest BCUT2D eigenvalue weighted by Gasteiger charge is 2.10. The number of aromatic hydroxyl groups is 1. The molecule has 0 aliphatic heterocycles. The van der Waals surface area contributed by atoms with Crippen LogP contribution in [0.1, 0.15) is 23.6 Å². The van der Waals surface area contributed by atoms with Crippen molar-refractivity contribution < 1.29 is 15.0 Å². The summed E-state index contributed by atoms with van der Waals surface area (Å²) in [7, 11) is -0.494. The summed E-state index contributed by atoms with van der Waals surface area (Å²) in [6.07, 6.45) is 0. The number of aliphatic carboxylic acids is 1. The van der Waals surface area contributed by atoms with Gasteiger partial charge in [-0.25, -0.2) is 10.9 Å². The minimum Gasteiger partial charge on any atom is -0.508 e. The first-order chi connectivity index (χ1) is 7.93. The van der Waals surface area contributed by atoms with Crippen molar-refractivity contribution in [3.05, 3.63) is 28.8 Å². The average molecular weight is 256 g/mol. The number of benzene rings is 1. The van der Waals surface area contributed by atoms with Gasteiger partial charge in [-0.3, -0.25) is 4.79 Å². The van der Waals surface area contributed by atoms with Gasteiger partial charge in [0.15, 0.2) is 0 Å². The number of carboxylic acids is 1. The molecule has 0 saturated heterocycles. The summed E-state index contributed by atoms with van der Waals surface area (Å²) < 4.78 is 0.